The number of nitrogens with zero attached hydrogens (tertiary/aromatic N) is 1. The summed E-state index contributed by atoms with van der Waals surface area (Å²) in [6.07, 6.45) is 4.91. The van der Waals surface area contributed by atoms with Crippen LogP contribution in [0.3, 0.4) is 0 Å². The third kappa shape index (κ3) is 3.47. The molecule has 0 saturated carbocycles. The number of piperidine rings is 1. The van der Waals surface area contributed by atoms with Crippen molar-refractivity contribution in [3.05, 3.63) is 35.9 Å². The lowest BCUT2D eigenvalue weighted by molar-refractivity contribution is -1.13. The van der Waals surface area contributed by atoms with E-state index in [9.17, 15) is 0 Å². The molecule has 2 aliphatic heterocycles. The normalized spacial score (nSPS) is 32.3. The molecule has 1 aromatic carbocycles. The van der Waals surface area contributed by atoms with Crippen LogP contribution in [0.4, 0.5) is 0 Å². The van der Waals surface area contributed by atoms with Crippen molar-refractivity contribution in [2.45, 2.75) is 58.4 Å². The molecule has 21 heavy (non-hydrogen) atoms. The largest absolute Gasteiger partial charge is 0.347 e. The van der Waals surface area contributed by atoms with Crippen LogP contribution in [0.5, 0.6) is 0 Å². The average molecular weight is 290 g/mol. The van der Waals surface area contributed by atoms with Gasteiger partial charge in [0.25, 0.3) is 0 Å². The smallest absolute Gasteiger partial charge is 0.221 e. The van der Waals surface area contributed by atoms with Crippen LogP contribution in [-0.4, -0.2) is 30.1 Å². The van der Waals surface area contributed by atoms with Crippen molar-refractivity contribution in [2.75, 3.05) is 13.2 Å². The van der Waals surface area contributed by atoms with Crippen molar-refractivity contribution in [1.29, 1.82) is 0 Å². The van der Waals surface area contributed by atoms with Gasteiger partial charge in [0.05, 0.1) is 13.0 Å². The zero-order valence-corrected chi connectivity index (χ0v) is 13.3. The summed E-state index contributed by atoms with van der Waals surface area (Å²) in [5.74, 6) is 0.564. The lowest BCUT2D eigenvalue weighted by atomic mass is 9.98. The summed E-state index contributed by atoms with van der Waals surface area (Å²) in [6.45, 7) is 7.28. The quantitative estimate of drug-likeness (QED) is 0.766. The van der Waals surface area contributed by atoms with Crippen LogP contribution in [-0.2, 0) is 16.1 Å². The second kappa shape index (κ2) is 6.47. The summed E-state index contributed by atoms with van der Waals surface area (Å²) >= 11 is 0. The van der Waals surface area contributed by atoms with Crippen LogP contribution in [0.25, 0.3) is 0 Å². The monoisotopic (exact) mass is 290 g/mol. The average Bonchev–Trinajstić information content (AvgIpc) is 2.84. The van der Waals surface area contributed by atoms with Crippen molar-refractivity contribution in [3.8, 4) is 0 Å². The zero-order chi connectivity index (χ0) is 14.7. The van der Waals surface area contributed by atoms with Crippen molar-refractivity contribution in [3.63, 3.8) is 0 Å². The molecule has 2 fully saturated rings. The molecule has 0 N–H and O–H groups in total. The maximum Gasteiger partial charge on any atom is 0.221 e. The Morgan fingerprint density at radius 1 is 1.24 bits per heavy atom. The van der Waals surface area contributed by atoms with E-state index in [2.05, 4.69) is 44.2 Å². The molecule has 0 amide bonds. The van der Waals surface area contributed by atoms with E-state index in [0.29, 0.717) is 12.0 Å². The van der Waals surface area contributed by atoms with Crippen LogP contribution in [0.15, 0.2) is 30.3 Å². The molecule has 1 aromatic rings. The Hall–Kier alpha value is -0.900. The highest BCUT2D eigenvalue weighted by Gasteiger charge is 2.51. The molecule has 3 atom stereocenters. The van der Waals surface area contributed by atoms with Gasteiger partial charge in [-0.05, 0) is 18.8 Å². The number of benzene rings is 1. The molecule has 2 aliphatic rings. The minimum Gasteiger partial charge on any atom is -0.347 e. The maximum atomic E-state index is 6.42. The molecule has 0 bridgehead atoms. The van der Waals surface area contributed by atoms with Gasteiger partial charge in [0.15, 0.2) is 0 Å². The van der Waals surface area contributed by atoms with Crippen molar-refractivity contribution in [2.24, 2.45) is 5.92 Å². The molecule has 1 unspecified atom stereocenters. The first-order valence-electron chi connectivity index (χ1n) is 8.39. The highest BCUT2D eigenvalue weighted by Crippen LogP contribution is 2.39. The standard InChI is InChI=1S/C18H28NO2/c1-15(2)14-20-18-12-17-10-6-7-11-19(17,21-18)13-16-8-4-3-5-9-16/h3-5,8-9,15,17-18H,6-7,10-14H2,1-2H3/q+1/t17-,18+,19?/m1/s1. The van der Waals surface area contributed by atoms with E-state index in [0.717, 1.165) is 30.8 Å². The van der Waals surface area contributed by atoms with Crippen molar-refractivity contribution in [1.82, 2.24) is 0 Å². The molecule has 0 aromatic heterocycles. The fourth-order valence-corrected chi connectivity index (χ4v) is 3.66. The predicted octanol–water partition coefficient (Wildman–Crippen LogP) is 3.89. The van der Waals surface area contributed by atoms with Gasteiger partial charge in [-0.15, -0.1) is 0 Å². The van der Waals surface area contributed by atoms with Crippen LogP contribution >= 0.6 is 0 Å². The number of rotatable bonds is 5. The molecular weight excluding hydrogens is 262 g/mol. The van der Waals surface area contributed by atoms with E-state index in [1.807, 2.05) is 0 Å². The van der Waals surface area contributed by atoms with Crippen LogP contribution < -0.4 is 0 Å². The summed E-state index contributed by atoms with van der Waals surface area (Å²) < 4.78 is 6.77. The van der Waals surface area contributed by atoms with Gasteiger partial charge >= 0.3 is 0 Å². The van der Waals surface area contributed by atoms with Gasteiger partial charge < -0.3 is 4.74 Å². The number of quaternary nitrogens is 1. The first-order valence-corrected chi connectivity index (χ1v) is 8.39. The molecular formula is C18H28NO2+. The predicted molar refractivity (Wildman–Crippen MR) is 83.2 cm³/mol. The topological polar surface area (TPSA) is 18.5 Å². The summed E-state index contributed by atoms with van der Waals surface area (Å²) in [7, 11) is 0. The molecule has 0 aliphatic carbocycles. The van der Waals surface area contributed by atoms with Gasteiger partial charge in [-0.25, -0.2) is 0 Å². The van der Waals surface area contributed by atoms with E-state index in [4.69, 9.17) is 9.57 Å². The fraction of sp³-hybridized carbons (Fsp3) is 0.667. The molecule has 0 spiro atoms. The van der Waals surface area contributed by atoms with E-state index in [-0.39, 0.29) is 6.29 Å². The minimum atomic E-state index is -0.0146. The summed E-state index contributed by atoms with van der Waals surface area (Å²) in [5, 5.41) is 0. The van der Waals surface area contributed by atoms with Gasteiger partial charge in [-0.3, -0.25) is 0 Å². The highest BCUT2D eigenvalue weighted by atomic mass is 16.8. The van der Waals surface area contributed by atoms with Gasteiger partial charge in [-0.2, -0.15) is 9.48 Å². The van der Waals surface area contributed by atoms with Gasteiger partial charge in [0.1, 0.15) is 19.1 Å². The molecule has 116 valence electrons. The lowest BCUT2D eigenvalue weighted by Gasteiger charge is -2.39. The number of ether oxygens (including phenoxy) is 1. The minimum absolute atomic E-state index is 0.0146. The Balaban J connectivity index is 1.70. The lowest BCUT2D eigenvalue weighted by Crippen LogP contribution is -2.52. The Morgan fingerprint density at radius 3 is 2.81 bits per heavy atom. The third-order valence-corrected chi connectivity index (χ3v) is 4.69. The Bertz CT molecular complexity index is 448. The highest BCUT2D eigenvalue weighted by molar-refractivity contribution is 5.13. The zero-order valence-electron chi connectivity index (χ0n) is 13.3. The SMILES string of the molecule is CC(C)CO[C@@H]1C[C@H]2CCCC[N+]2(Cc2ccccc2)O1. The molecule has 3 rings (SSSR count). The summed E-state index contributed by atoms with van der Waals surface area (Å²) in [6, 6.07) is 11.4. The molecule has 2 saturated heterocycles. The van der Waals surface area contributed by atoms with E-state index >= 15 is 0 Å². The first-order chi connectivity index (χ1) is 10.2. The van der Waals surface area contributed by atoms with E-state index < -0.39 is 0 Å². The van der Waals surface area contributed by atoms with Crippen molar-refractivity contribution < 1.29 is 14.2 Å². The van der Waals surface area contributed by atoms with Crippen LogP contribution in [0.1, 0.15) is 45.1 Å². The number of hydrogen-bond acceptors (Lipinski definition) is 2. The van der Waals surface area contributed by atoms with E-state index in [1.165, 1.54) is 24.8 Å². The fourth-order valence-electron chi connectivity index (χ4n) is 3.66. The maximum absolute atomic E-state index is 6.42. The Labute approximate surface area is 128 Å². The second-order valence-electron chi connectivity index (χ2n) is 6.97. The number of fused-ring (bicyclic) bond motifs is 1. The van der Waals surface area contributed by atoms with Gasteiger partial charge in [0.2, 0.25) is 6.29 Å². The number of hydroxylamine groups is 3. The molecule has 0 radical (unpaired) electrons. The summed E-state index contributed by atoms with van der Waals surface area (Å²) in [4.78, 5) is 6.42. The third-order valence-electron chi connectivity index (χ3n) is 4.69. The van der Waals surface area contributed by atoms with E-state index in [1.54, 1.807) is 0 Å². The Morgan fingerprint density at radius 2 is 2.05 bits per heavy atom. The summed E-state index contributed by atoms with van der Waals surface area (Å²) in [5.41, 5.74) is 1.37. The van der Waals surface area contributed by atoms with Crippen LogP contribution in [0, 0.1) is 5.92 Å². The molecule has 3 nitrogen and oxygen atoms in total. The van der Waals surface area contributed by atoms with Crippen molar-refractivity contribution >= 4 is 0 Å². The van der Waals surface area contributed by atoms with Gasteiger partial charge in [-0.1, -0.05) is 44.2 Å². The Kier molecular flexibility index (Phi) is 4.63. The van der Waals surface area contributed by atoms with Gasteiger partial charge in [0, 0.05) is 12.0 Å². The second-order valence-corrected chi connectivity index (χ2v) is 6.97. The first kappa shape index (κ1) is 15.0. The molecule has 2 heterocycles. The van der Waals surface area contributed by atoms with Crippen LogP contribution in [0.2, 0.25) is 0 Å². The molecule has 3 heteroatoms. The number of hydrogen-bond donors (Lipinski definition) is 0.